The van der Waals surface area contributed by atoms with Crippen LogP contribution < -0.4 is 4.90 Å². The van der Waals surface area contributed by atoms with E-state index in [1.807, 2.05) is 0 Å². The van der Waals surface area contributed by atoms with Gasteiger partial charge in [-0.3, -0.25) is 19.3 Å². The lowest BCUT2D eigenvalue weighted by Gasteiger charge is -2.24. The molecule has 0 N–H and O–H groups in total. The molecule has 1 heterocycles. The van der Waals surface area contributed by atoms with Crippen molar-refractivity contribution in [1.82, 2.24) is 0 Å². The second-order valence-electron chi connectivity index (χ2n) is 6.31. The summed E-state index contributed by atoms with van der Waals surface area (Å²) in [5, 5.41) is 0.412. The van der Waals surface area contributed by atoms with E-state index in [9.17, 15) is 14.4 Å². The van der Waals surface area contributed by atoms with Gasteiger partial charge in [-0.25, -0.2) is 4.99 Å². The lowest BCUT2D eigenvalue weighted by Crippen LogP contribution is -2.43. The first-order valence-electron chi connectivity index (χ1n) is 9.08. The van der Waals surface area contributed by atoms with Crippen molar-refractivity contribution in [3.63, 3.8) is 0 Å². The zero-order valence-electron chi connectivity index (χ0n) is 16.2. The average molecular weight is 494 g/mol. The number of rotatable bonds is 5. The average Bonchev–Trinajstić information content (AvgIpc) is 2.79. The van der Waals surface area contributed by atoms with Gasteiger partial charge < -0.3 is 9.47 Å². The fourth-order valence-corrected chi connectivity index (χ4v) is 3.61. The lowest BCUT2D eigenvalue weighted by molar-refractivity contribution is -0.152. The van der Waals surface area contributed by atoms with Gasteiger partial charge in [0.25, 0.3) is 12.1 Å². The number of benzene rings is 2. The zero-order chi connectivity index (χ0) is 21.8. The number of amides is 1. The fourth-order valence-electron chi connectivity index (χ4n) is 3.03. The minimum atomic E-state index is -1.48. The number of esters is 2. The Morgan fingerprint density at radius 3 is 2.60 bits per heavy atom. The van der Waals surface area contributed by atoms with Crippen LogP contribution in [-0.2, 0) is 23.9 Å². The summed E-state index contributed by atoms with van der Waals surface area (Å²) in [5.41, 5.74) is 1.89. The monoisotopic (exact) mass is 492 g/mol. The minimum Gasteiger partial charge on any atom is -0.465 e. The Bertz CT molecular complexity index is 1040. The summed E-state index contributed by atoms with van der Waals surface area (Å²) in [4.78, 5) is 42.7. The smallest absolute Gasteiger partial charge is 0.326 e. The molecule has 2 aromatic carbocycles. The molecule has 1 unspecified atom stereocenters. The first-order valence-corrected chi connectivity index (χ1v) is 10.3. The van der Waals surface area contributed by atoms with Crippen LogP contribution in [-0.4, -0.2) is 42.9 Å². The molecule has 7 nitrogen and oxygen atoms in total. The van der Waals surface area contributed by atoms with Gasteiger partial charge >= 0.3 is 11.9 Å². The van der Waals surface area contributed by atoms with E-state index >= 15 is 0 Å². The predicted octanol–water partition coefficient (Wildman–Crippen LogP) is 3.74. The molecule has 1 aliphatic rings. The van der Waals surface area contributed by atoms with Gasteiger partial charge in [-0.2, -0.15) is 0 Å². The van der Waals surface area contributed by atoms with Crippen LogP contribution in [0.1, 0.15) is 25.0 Å². The van der Waals surface area contributed by atoms with Gasteiger partial charge in [0.05, 0.1) is 18.0 Å². The molecule has 1 aliphatic heterocycles. The van der Waals surface area contributed by atoms with E-state index in [0.717, 1.165) is 4.47 Å². The van der Waals surface area contributed by atoms with E-state index in [-0.39, 0.29) is 13.2 Å². The molecule has 1 atom stereocenters. The summed E-state index contributed by atoms with van der Waals surface area (Å²) in [5.74, 6) is -1.94. The second kappa shape index (κ2) is 9.40. The highest BCUT2D eigenvalue weighted by atomic mass is 79.9. The van der Waals surface area contributed by atoms with Gasteiger partial charge in [0.15, 0.2) is 0 Å². The summed E-state index contributed by atoms with van der Waals surface area (Å²) < 4.78 is 10.9. The second-order valence-corrected chi connectivity index (χ2v) is 7.63. The van der Waals surface area contributed by atoms with Crippen LogP contribution >= 0.6 is 27.5 Å². The summed E-state index contributed by atoms with van der Waals surface area (Å²) in [6.45, 7) is 2.67. The van der Waals surface area contributed by atoms with Gasteiger partial charge in [-0.05, 0) is 31.2 Å². The summed E-state index contributed by atoms with van der Waals surface area (Å²) >= 11 is 9.83. The zero-order valence-corrected chi connectivity index (χ0v) is 18.6. The van der Waals surface area contributed by atoms with Gasteiger partial charge in [0.2, 0.25) is 0 Å². The van der Waals surface area contributed by atoms with Crippen molar-refractivity contribution in [2.45, 2.75) is 20.1 Å². The highest BCUT2D eigenvalue weighted by molar-refractivity contribution is 9.10. The molecule has 0 saturated carbocycles. The number of halogens is 2. The summed E-state index contributed by atoms with van der Waals surface area (Å²) in [6, 6.07) is 12.2. The molecule has 0 spiro atoms. The molecular formula is C21H18BrClN2O5. The number of fused-ring (bicyclic) bond motifs is 1. The number of aliphatic imine (C=N–C) groups is 1. The SMILES string of the molecule is CCOC(=O)CN1C(=O)C(OC(C)=O)N=C(c2ccccc2Cl)c2cc(Br)ccc21. The number of carbonyl (C=O) groups excluding carboxylic acids is 3. The van der Waals surface area contributed by atoms with Gasteiger partial charge in [-0.15, -0.1) is 0 Å². The van der Waals surface area contributed by atoms with E-state index in [4.69, 9.17) is 21.1 Å². The molecule has 0 radical (unpaired) electrons. The number of benzodiazepines with no additional fused rings is 1. The Morgan fingerprint density at radius 2 is 1.93 bits per heavy atom. The van der Waals surface area contributed by atoms with Crippen molar-refractivity contribution < 1.29 is 23.9 Å². The van der Waals surface area contributed by atoms with Crippen LogP contribution in [0.5, 0.6) is 0 Å². The number of ether oxygens (including phenoxy) is 2. The van der Waals surface area contributed by atoms with Crippen LogP contribution in [0.4, 0.5) is 5.69 Å². The number of hydrogen-bond acceptors (Lipinski definition) is 6. The molecule has 1 amide bonds. The highest BCUT2D eigenvalue weighted by Gasteiger charge is 2.35. The van der Waals surface area contributed by atoms with E-state index in [1.54, 1.807) is 49.4 Å². The van der Waals surface area contributed by atoms with Gasteiger partial charge in [0, 0.05) is 27.5 Å². The van der Waals surface area contributed by atoms with Crippen molar-refractivity contribution in [1.29, 1.82) is 0 Å². The topological polar surface area (TPSA) is 85.3 Å². The molecule has 0 saturated heterocycles. The minimum absolute atomic E-state index is 0.169. The van der Waals surface area contributed by atoms with Crippen molar-refractivity contribution >= 4 is 56.8 Å². The van der Waals surface area contributed by atoms with E-state index < -0.39 is 24.1 Å². The Balaban J connectivity index is 2.23. The number of hydrogen-bond donors (Lipinski definition) is 0. The number of nitrogens with zero attached hydrogens (tertiary/aromatic N) is 2. The predicted molar refractivity (Wildman–Crippen MR) is 116 cm³/mol. The van der Waals surface area contributed by atoms with E-state index in [0.29, 0.717) is 27.5 Å². The van der Waals surface area contributed by atoms with Crippen molar-refractivity contribution in [2.24, 2.45) is 4.99 Å². The van der Waals surface area contributed by atoms with Crippen LogP contribution in [0.3, 0.4) is 0 Å². The maximum absolute atomic E-state index is 13.2. The van der Waals surface area contributed by atoms with Crippen LogP contribution in [0.15, 0.2) is 51.9 Å². The van der Waals surface area contributed by atoms with Crippen LogP contribution in [0.2, 0.25) is 5.02 Å². The molecule has 2 aromatic rings. The Hall–Kier alpha value is -2.71. The third-order valence-electron chi connectivity index (χ3n) is 4.23. The molecule has 0 aliphatic carbocycles. The third-order valence-corrected chi connectivity index (χ3v) is 5.05. The Morgan fingerprint density at radius 1 is 1.20 bits per heavy atom. The molecule has 156 valence electrons. The Kier molecular flexibility index (Phi) is 6.89. The largest absolute Gasteiger partial charge is 0.465 e. The van der Waals surface area contributed by atoms with E-state index in [2.05, 4.69) is 20.9 Å². The van der Waals surface area contributed by atoms with Crippen molar-refractivity contribution in [3.05, 3.63) is 63.1 Å². The number of anilines is 1. The van der Waals surface area contributed by atoms with Gasteiger partial charge in [0.1, 0.15) is 6.54 Å². The normalized spacial score (nSPS) is 15.7. The van der Waals surface area contributed by atoms with Crippen molar-refractivity contribution in [2.75, 3.05) is 18.1 Å². The maximum atomic E-state index is 13.2. The molecule has 0 bridgehead atoms. The quantitative estimate of drug-likeness (QED) is 0.593. The molecular weight excluding hydrogens is 476 g/mol. The first-order chi connectivity index (χ1) is 14.3. The van der Waals surface area contributed by atoms with Crippen LogP contribution in [0, 0.1) is 0 Å². The highest BCUT2D eigenvalue weighted by Crippen LogP contribution is 2.33. The van der Waals surface area contributed by atoms with Crippen LogP contribution in [0.25, 0.3) is 0 Å². The third kappa shape index (κ3) is 4.71. The fraction of sp³-hybridized carbons (Fsp3) is 0.238. The summed E-state index contributed by atoms with van der Waals surface area (Å²) in [7, 11) is 0. The summed E-state index contributed by atoms with van der Waals surface area (Å²) in [6.07, 6.45) is -1.48. The molecule has 0 fully saturated rings. The maximum Gasteiger partial charge on any atom is 0.326 e. The van der Waals surface area contributed by atoms with Gasteiger partial charge in [-0.1, -0.05) is 45.7 Å². The van der Waals surface area contributed by atoms with E-state index in [1.165, 1.54) is 11.8 Å². The van der Waals surface area contributed by atoms with Crippen molar-refractivity contribution in [3.8, 4) is 0 Å². The molecule has 30 heavy (non-hydrogen) atoms. The molecule has 0 aromatic heterocycles. The Labute approximate surface area is 186 Å². The standard InChI is InChI=1S/C21H18BrClN2O5/c1-3-29-18(27)11-25-17-9-8-13(22)10-15(17)19(14-6-4-5-7-16(14)23)24-20(21(25)28)30-12(2)26/h4-10,20H,3,11H2,1-2H3. The molecule has 9 heteroatoms. The lowest BCUT2D eigenvalue weighted by atomic mass is 10.00. The molecule has 3 rings (SSSR count). The number of carbonyl (C=O) groups is 3. The first kappa shape index (κ1) is 22.0.